The van der Waals surface area contributed by atoms with Crippen LogP contribution in [0.25, 0.3) is 0 Å². The lowest BCUT2D eigenvalue weighted by Gasteiger charge is -2.06. The molecule has 0 atom stereocenters. The van der Waals surface area contributed by atoms with E-state index in [1.165, 1.54) is 0 Å². The number of carbonyl (C=O) groups is 1. The summed E-state index contributed by atoms with van der Waals surface area (Å²) in [5.74, 6) is 1.42. The number of nitrogens with two attached hydrogens (primary N) is 1. The van der Waals surface area contributed by atoms with Crippen molar-refractivity contribution in [2.45, 2.75) is 13.3 Å². The summed E-state index contributed by atoms with van der Waals surface area (Å²) in [6.45, 7) is 1.98. The molecule has 10 heteroatoms. The third-order valence-corrected chi connectivity index (χ3v) is 3.02. The van der Waals surface area contributed by atoms with Gasteiger partial charge in [-0.2, -0.15) is 5.10 Å². The first-order chi connectivity index (χ1) is 11.1. The zero-order valence-corrected chi connectivity index (χ0v) is 12.2. The van der Waals surface area contributed by atoms with Crippen LogP contribution in [0.1, 0.15) is 12.5 Å². The predicted octanol–water partition coefficient (Wildman–Crippen LogP) is 1.12. The monoisotopic (exact) mass is 318 g/mol. The minimum atomic E-state index is -0.607. The quantitative estimate of drug-likeness (QED) is 0.567. The third kappa shape index (κ3) is 3.31. The van der Waals surface area contributed by atoms with E-state index in [0.29, 0.717) is 23.6 Å². The number of fused-ring (bicyclic) bond motifs is 1. The number of carbonyl (C=O) groups excluding carboxylic acids is 1. The molecule has 1 aliphatic rings. The number of nitrogen functional groups attached to an aromatic ring is 1. The fraction of sp³-hybridized carbons (Fsp3) is 0.231. The standard InChI is InChI=1S/C13H14N6O4/c1-7(5-8-3-2-4-9-10(8)22-6-21-9)16-17-13(20)15-12-11(14)18-23-19-12/h2-4H,5-6H2,1H3,(H2,14,18)(H2,15,17,19,20). The van der Waals surface area contributed by atoms with E-state index in [0.717, 1.165) is 5.56 Å². The van der Waals surface area contributed by atoms with Crippen molar-refractivity contribution in [2.75, 3.05) is 17.8 Å². The molecule has 1 aromatic heterocycles. The molecule has 10 nitrogen and oxygen atoms in total. The first-order valence-electron chi connectivity index (χ1n) is 6.69. The number of nitrogens with one attached hydrogen (secondary N) is 2. The Kier molecular flexibility index (Phi) is 3.95. The lowest BCUT2D eigenvalue weighted by Crippen LogP contribution is -2.26. The smallest absolute Gasteiger partial charge is 0.340 e. The lowest BCUT2D eigenvalue weighted by atomic mass is 10.1. The maximum absolute atomic E-state index is 11.7. The number of amides is 2. The summed E-state index contributed by atoms with van der Waals surface area (Å²) in [7, 11) is 0. The highest BCUT2D eigenvalue weighted by Gasteiger charge is 2.17. The molecule has 0 saturated carbocycles. The van der Waals surface area contributed by atoms with E-state index in [1.807, 2.05) is 18.2 Å². The van der Waals surface area contributed by atoms with Crippen LogP contribution in [-0.4, -0.2) is 28.8 Å². The van der Waals surface area contributed by atoms with Crippen LogP contribution in [0, 0.1) is 0 Å². The number of para-hydroxylation sites is 1. The number of ether oxygens (including phenoxy) is 2. The zero-order valence-electron chi connectivity index (χ0n) is 12.2. The van der Waals surface area contributed by atoms with Gasteiger partial charge in [0, 0.05) is 17.7 Å². The van der Waals surface area contributed by atoms with Crippen molar-refractivity contribution in [3.8, 4) is 11.5 Å². The van der Waals surface area contributed by atoms with E-state index in [9.17, 15) is 4.79 Å². The van der Waals surface area contributed by atoms with E-state index in [4.69, 9.17) is 15.2 Å². The van der Waals surface area contributed by atoms with Crippen LogP contribution in [-0.2, 0) is 6.42 Å². The number of rotatable bonds is 4. The minimum Gasteiger partial charge on any atom is -0.454 e. The van der Waals surface area contributed by atoms with Gasteiger partial charge in [-0.15, -0.1) is 0 Å². The van der Waals surface area contributed by atoms with E-state index in [-0.39, 0.29) is 18.4 Å². The van der Waals surface area contributed by atoms with Crippen molar-refractivity contribution >= 4 is 23.4 Å². The van der Waals surface area contributed by atoms with Gasteiger partial charge in [-0.3, -0.25) is 5.32 Å². The van der Waals surface area contributed by atoms with Crippen LogP contribution >= 0.6 is 0 Å². The molecule has 3 rings (SSSR count). The fourth-order valence-corrected chi connectivity index (χ4v) is 2.01. The summed E-state index contributed by atoms with van der Waals surface area (Å²) in [5.41, 5.74) is 9.36. The summed E-state index contributed by atoms with van der Waals surface area (Å²) in [6.07, 6.45) is 0.500. The van der Waals surface area contributed by atoms with Gasteiger partial charge < -0.3 is 15.2 Å². The molecule has 0 spiro atoms. The Labute approximate surface area is 130 Å². The molecular weight excluding hydrogens is 304 g/mol. The zero-order chi connectivity index (χ0) is 16.2. The fourth-order valence-electron chi connectivity index (χ4n) is 2.01. The molecule has 4 N–H and O–H groups in total. The average molecular weight is 318 g/mol. The normalized spacial score (nSPS) is 13.0. The van der Waals surface area contributed by atoms with Crippen LogP contribution in [0.2, 0.25) is 0 Å². The number of nitrogens with zero attached hydrogens (tertiary/aromatic N) is 3. The molecule has 0 fully saturated rings. The second-order valence-corrected chi connectivity index (χ2v) is 4.74. The Morgan fingerprint density at radius 2 is 2.26 bits per heavy atom. The van der Waals surface area contributed by atoms with Crippen LogP contribution in [0.4, 0.5) is 16.4 Å². The second-order valence-electron chi connectivity index (χ2n) is 4.74. The van der Waals surface area contributed by atoms with Gasteiger partial charge >= 0.3 is 6.03 Å². The van der Waals surface area contributed by atoms with Gasteiger partial charge in [0.05, 0.1) is 0 Å². The highest BCUT2D eigenvalue weighted by atomic mass is 16.7. The van der Waals surface area contributed by atoms with Crippen molar-refractivity contribution in [1.29, 1.82) is 0 Å². The molecule has 1 aliphatic heterocycles. The third-order valence-electron chi connectivity index (χ3n) is 3.02. The Morgan fingerprint density at radius 1 is 1.39 bits per heavy atom. The van der Waals surface area contributed by atoms with Crippen molar-refractivity contribution in [3.05, 3.63) is 23.8 Å². The number of hydrazone groups is 1. The van der Waals surface area contributed by atoms with Crippen LogP contribution in [0.5, 0.6) is 11.5 Å². The Balaban J connectivity index is 1.59. The number of benzene rings is 1. The molecule has 1 aromatic carbocycles. The largest absolute Gasteiger partial charge is 0.454 e. The number of hydrogen-bond acceptors (Lipinski definition) is 8. The van der Waals surface area contributed by atoms with E-state index >= 15 is 0 Å². The lowest BCUT2D eigenvalue weighted by molar-refractivity contribution is 0.173. The molecule has 0 unspecified atom stereocenters. The summed E-state index contributed by atoms with van der Waals surface area (Å²) in [6, 6.07) is 5.01. The summed E-state index contributed by atoms with van der Waals surface area (Å²) >= 11 is 0. The Morgan fingerprint density at radius 3 is 3.04 bits per heavy atom. The van der Waals surface area contributed by atoms with Gasteiger partial charge in [0.1, 0.15) is 0 Å². The Hall–Kier alpha value is -3.30. The maximum Gasteiger partial charge on any atom is 0.340 e. The van der Waals surface area contributed by atoms with E-state index in [2.05, 4.69) is 30.8 Å². The number of aromatic nitrogens is 2. The number of hydrogen-bond donors (Lipinski definition) is 3. The molecule has 2 amide bonds. The first-order valence-corrected chi connectivity index (χ1v) is 6.69. The van der Waals surface area contributed by atoms with Gasteiger partial charge in [-0.05, 0) is 23.3 Å². The van der Waals surface area contributed by atoms with Gasteiger partial charge in [0.25, 0.3) is 0 Å². The van der Waals surface area contributed by atoms with Crippen molar-refractivity contribution in [3.63, 3.8) is 0 Å². The predicted molar refractivity (Wildman–Crippen MR) is 80.2 cm³/mol. The summed E-state index contributed by atoms with van der Waals surface area (Å²) in [5, 5.41) is 13.1. The van der Waals surface area contributed by atoms with Crippen molar-refractivity contribution < 1.29 is 18.9 Å². The highest BCUT2D eigenvalue weighted by Crippen LogP contribution is 2.35. The number of urea groups is 1. The van der Waals surface area contributed by atoms with Gasteiger partial charge in [0.15, 0.2) is 11.5 Å². The molecular formula is C13H14N6O4. The second kappa shape index (κ2) is 6.22. The summed E-state index contributed by atoms with van der Waals surface area (Å²) < 4.78 is 15.1. The van der Waals surface area contributed by atoms with Crippen molar-refractivity contribution in [1.82, 2.24) is 15.7 Å². The average Bonchev–Trinajstić information content (AvgIpc) is 3.15. The molecule has 0 aliphatic carbocycles. The van der Waals surface area contributed by atoms with Gasteiger partial charge in [-0.1, -0.05) is 12.1 Å². The van der Waals surface area contributed by atoms with E-state index in [1.54, 1.807) is 6.92 Å². The SMILES string of the molecule is CC(Cc1cccc2c1OCO2)=NNC(=O)Nc1nonc1N. The summed E-state index contributed by atoms with van der Waals surface area (Å²) in [4.78, 5) is 11.7. The van der Waals surface area contributed by atoms with Crippen LogP contribution in [0.15, 0.2) is 27.9 Å². The van der Waals surface area contributed by atoms with Crippen molar-refractivity contribution in [2.24, 2.45) is 5.10 Å². The molecule has 2 heterocycles. The minimum absolute atomic E-state index is 0.0159. The topological polar surface area (TPSA) is 137 Å². The maximum atomic E-state index is 11.7. The molecule has 23 heavy (non-hydrogen) atoms. The molecule has 2 aromatic rings. The van der Waals surface area contributed by atoms with Gasteiger partial charge in [0.2, 0.25) is 18.4 Å². The molecule has 120 valence electrons. The molecule has 0 saturated heterocycles. The van der Waals surface area contributed by atoms with Crippen LogP contribution in [0.3, 0.4) is 0 Å². The van der Waals surface area contributed by atoms with E-state index < -0.39 is 6.03 Å². The number of anilines is 2. The molecule has 0 bridgehead atoms. The Bertz CT molecular complexity index is 757. The van der Waals surface area contributed by atoms with Gasteiger partial charge in [-0.25, -0.2) is 14.8 Å². The molecule has 0 radical (unpaired) electrons. The highest BCUT2D eigenvalue weighted by molar-refractivity contribution is 5.92. The first kappa shape index (κ1) is 14.6. The van der Waals surface area contributed by atoms with Crippen LogP contribution < -0.4 is 25.9 Å².